The molecule has 120 valence electrons. The standard InChI is InChI=1S/C18H21N3O2/c1-13(21-11-9-17(10-12-21)20(3)4)18(23)19-16-7-5-15(6-8-16)14(2)22/h5-13H,1-4H3/p+1/t13-/m1/s1. The van der Waals surface area contributed by atoms with Crippen molar-refractivity contribution >= 4 is 23.1 Å². The fourth-order valence-corrected chi connectivity index (χ4v) is 2.16. The van der Waals surface area contributed by atoms with Gasteiger partial charge in [0.25, 0.3) is 5.91 Å². The highest BCUT2D eigenvalue weighted by Crippen LogP contribution is 2.12. The Balaban J connectivity index is 2.05. The minimum absolute atomic E-state index is 0.00721. The summed E-state index contributed by atoms with van der Waals surface area (Å²) in [7, 11) is 3.95. The summed E-state index contributed by atoms with van der Waals surface area (Å²) in [6, 6.07) is 10.5. The third-order valence-electron chi connectivity index (χ3n) is 3.74. The molecule has 1 aromatic carbocycles. The van der Waals surface area contributed by atoms with Gasteiger partial charge in [-0.1, -0.05) is 0 Å². The first-order valence-corrected chi connectivity index (χ1v) is 7.48. The number of carbonyl (C=O) groups is 2. The molecule has 23 heavy (non-hydrogen) atoms. The lowest BCUT2D eigenvalue weighted by molar-refractivity contribution is -0.705. The molecule has 0 bridgehead atoms. The summed E-state index contributed by atoms with van der Waals surface area (Å²) in [5.74, 6) is -0.101. The molecule has 0 radical (unpaired) electrons. The van der Waals surface area contributed by atoms with Gasteiger partial charge < -0.3 is 10.2 Å². The second-order valence-corrected chi connectivity index (χ2v) is 5.70. The smallest absolute Gasteiger partial charge is 0.293 e. The first-order chi connectivity index (χ1) is 10.9. The van der Waals surface area contributed by atoms with Crippen LogP contribution in [0, 0.1) is 0 Å². The van der Waals surface area contributed by atoms with E-state index in [4.69, 9.17) is 0 Å². The predicted octanol–water partition coefficient (Wildman–Crippen LogP) is 2.44. The van der Waals surface area contributed by atoms with Crippen LogP contribution in [0.3, 0.4) is 0 Å². The fourth-order valence-electron chi connectivity index (χ4n) is 2.16. The maximum Gasteiger partial charge on any atom is 0.293 e. The summed E-state index contributed by atoms with van der Waals surface area (Å²) in [5, 5.41) is 2.86. The van der Waals surface area contributed by atoms with Crippen molar-refractivity contribution in [2.24, 2.45) is 0 Å². The maximum absolute atomic E-state index is 12.3. The van der Waals surface area contributed by atoms with Gasteiger partial charge in [0.2, 0.25) is 6.04 Å². The van der Waals surface area contributed by atoms with Crippen LogP contribution in [0.1, 0.15) is 30.2 Å². The molecule has 0 spiro atoms. The van der Waals surface area contributed by atoms with Gasteiger partial charge >= 0.3 is 0 Å². The molecule has 1 heterocycles. The average molecular weight is 312 g/mol. The van der Waals surface area contributed by atoms with Crippen molar-refractivity contribution in [2.75, 3.05) is 24.3 Å². The summed E-state index contributed by atoms with van der Waals surface area (Å²) in [5.41, 5.74) is 2.38. The van der Waals surface area contributed by atoms with Gasteiger partial charge in [0, 0.05) is 50.1 Å². The van der Waals surface area contributed by atoms with Gasteiger partial charge in [-0.25, -0.2) is 0 Å². The lowest BCUT2D eigenvalue weighted by atomic mass is 10.1. The number of anilines is 2. The van der Waals surface area contributed by atoms with Crippen LogP contribution in [0.25, 0.3) is 0 Å². The molecular weight excluding hydrogens is 290 g/mol. The zero-order valence-electron chi connectivity index (χ0n) is 13.9. The van der Waals surface area contributed by atoms with Gasteiger partial charge in [-0.15, -0.1) is 0 Å². The first kappa shape index (κ1) is 16.7. The number of nitrogens with one attached hydrogen (secondary N) is 1. The number of ketones is 1. The monoisotopic (exact) mass is 312 g/mol. The van der Waals surface area contributed by atoms with Crippen LogP contribution < -0.4 is 14.8 Å². The van der Waals surface area contributed by atoms with Crippen LogP contribution in [-0.4, -0.2) is 25.8 Å². The molecular formula is C18H22N3O2+. The van der Waals surface area contributed by atoms with Crippen LogP contribution in [0.2, 0.25) is 0 Å². The molecule has 0 aliphatic heterocycles. The molecule has 0 saturated carbocycles. The summed E-state index contributed by atoms with van der Waals surface area (Å²) in [4.78, 5) is 25.6. The number of amides is 1. The number of pyridine rings is 1. The molecule has 1 amide bonds. The number of hydrogen-bond donors (Lipinski definition) is 1. The highest BCUT2D eigenvalue weighted by molar-refractivity contribution is 5.96. The van der Waals surface area contributed by atoms with Crippen LogP contribution >= 0.6 is 0 Å². The third kappa shape index (κ3) is 4.16. The summed E-state index contributed by atoms with van der Waals surface area (Å²) >= 11 is 0. The zero-order chi connectivity index (χ0) is 17.0. The van der Waals surface area contributed by atoms with Crippen LogP contribution in [0.4, 0.5) is 11.4 Å². The van der Waals surface area contributed by atoms with Crippen molar-refractivity contribution in [3.05, 3.63) is 54.4 Å². The van der Waals surface area contributed by atoms with Crippen molar-refractivity contribution in [1.29, 1.82) is 0 Å². The highest BCUT2D eigenvalue weighted by atomic mass is 16.2. The molecule has 0 unspecified atom stereocenters. The number of rotatable bonds is 5. The number of aromatic nitrogens is 1. The van der Waals surface area contributed by atoms with Crippen molar-refractivity contribution < 1.29 is 14.2 Å². The van der Waals surface area contributed by atoms with Crippen LogP contribution in [0.15, 0.2) is 48.8 Å². The van der Waals surface area contributed by atoms with E-state index in [1.807, 2.05) is 55.0 Å². The Bertz CT molecular complexity index is 691. The Morgan fingerprint density at radius 1 is 1.04 bits per heavy atom. The quantitative estimate of drug-likeness (QED) is 0.681. The second-order valence-electron chi connectivity index (χ2n) is 5.70. The summed E-state index contributed by atoms with van der Waals surface area (Å²) in [6.45, 7) is 3.36. The largest absolute Gasteiger partial charge is 0.377 e. The molecule has 1 aromatic heterocycles. The second kappa shape index (κ2) is 7.05. The molecule has 5 nitrogen and oxygen atoms in total. The first-order valence-electron chi connectivity index (χ1n) is 7.48. The number of nitrogens with zero attached hydrogens (tertiary/aromatic N) is 2. The SMILES string of the molecule is CC(=O)c1ccc(NC(=O)[C@@H](C)[n+]2ccc(N(C)C)cc2)cc1. The van der Waals surface area contributed by atoms with Gasteiger partial charge in [-0.3, -0.25) is 9.59 Å². The normalized spacial score (nSPS) is 11.7. The molecule has 5 heteroatoms. The van der Waals surface area contributed by atoms with E-state index >= 15 is 0 Å². The lowest BCUT2D eigenvalue weighted by Crippen LogP contribution is -2.44. The van der Waals surface area contributed by atoms with E-state index in [1.54, 1.807) is 24.3 Å². The average Bonchev–Trinajstić information content (AvgIpc) is 2.54. The van der Waals surface area contributed by atoms with Crippen molar-refractivity contribution in [3.63, 3.8) is 0 Å². The Hall–Kier alpha value is -2.69. The van der Waals surface area contributed by atoms with E-state index < -0.39 is 0 Å². The number of Topliss-reactive ketones (excluding diaryl/α,β-unsaturated/α-hetero) is 1. The van der Waals surface area contributed by atoms with Gasteiger partial charge in [-0.05, 0) is 31.2 Å². The molecule has 2 aromatic rings. The predicted molar refractivity (Wildman–Crippen MR) is 90.8 cm³/mol. The van der Waals surface area contributed by atoms with Crippen LogP contribution in [-0.2, 0) is 4.79 Å². The van der Waals surface area contributed by atoms with Gasteiger partial charge in [0.05, 0.1) is 0 Å². The molecule has 1 N–H and O–H groups in total. The molecule has 0 aliphatic rings. The molecule has 2 rings (SSSR count). The van der Waals surface area contributed by atoms with E-state index in [1.165, 1.54) is 6.92 Å². The Labute approximate surface area is 136 Å². The van der Waals surface area contributed by atoms with E-state index in [-0.39, 0.29) is 17.7 Å². The zero-order valence-corrected chi connectivity index (χ0v) is 13.9. The summed E-state index contributed by atoms with van der Waals surface area (Å²) in [6.07, 6.45) is 3.77. The van der Waals surface area contributed by atoms with E-state index in [0.29, 0.717) is 11.3 Å². The Morgan fingerprint density at radius 3 is 2.09 bits per heavy atom. The fraction of sp³-hybridized carbons (Fsp3) is 0.278. The number of carbonyl (C=O) groups excluding carboxylic acids is 2. The summed E-state index contributed by atoms with van der Waals surface area (Å²) < 4.78 is 1.85. The van der Waals surface area contributed by atoms with Gasteiger partial charge in [0.15, 0.2) is 18.2 Å². The number of hydrogen-bond acceptors (Lipinski definition) is 3. The maximum atomic E-state index is 12.3. The molecule has 0 saturated heterocycles. The highest BCUT2D eigenvalue weighted by Gasteiger charge is 2.21. The van der Waals surface area contributed by atoms with E-state index in [9.17, 15) is 9.59 Å². The number of benzene rings is 1. The minimum Gasteiger partial charge on any atom is -0.377 e. The van der Waals surface area contributed by atoms with Crippen molar-refractivity contribution in [2.45, 2.75) is 19.9 Å². The molecule has 0 fully saturated rings. The minimum atomic E-state index is -0.335. The van der Waals surface area contributed by atoms with Crippen LogP contribution in [0.5, 0.6) is 0 Å². The lowest BCUT2D eigenvalue weighted by Gasteiger charge is -2.12. The third-order valence-corrected chi connectivity index (χ3v) is 3.74. The Morgan fingerprint density at radius 2 is 1.61 bits per heavy atom. The van der Waals surface area contributed by atoms with Gasteiger partial charge in [-0.2, -0.15) is 4.57 Å². The molecule has 0 aliphatic carbocycles. The van der Waals surface area contributed by atoms with Crippen molar-refractivity contribution in [1.82, 2.24) is 0 Å². The van der Waals surface area contributed by atoms with E-state index in [0.717, 1.165) is 5.69 Å². The Kier molecular flexibility index (Phi) is 5.11. The topological polar surface area (TPSA) is 53.3 Å². The molecule has 1 atom stereocenters. The van der Waals surface area contributed by atoms with E-state index in [2.05, 4.69) is 5.32 Å². The van der Waals surface area contributed by atoms with Gasteiger partial charge in [0.1, 0.15) is 0 Å². The van der Waals surface area contributed by atoms with Crippen molar-refractivity contribution in [3.8, 4) is 0 Å².